The maximum Gasteiger partial charge on any atom is 0.243 e. The summed E-state index contributed by atoms with van der Waals surface area (Å²) in [5.74, 6) is 2.15. The topological polar surface area (TPSA) is 100 Å². The van der Waals surface area contributed by atoms with Crippen molar-refractivity contribution in [3.8, 4) is 0 Å². The lowest BCUT2D eigenvalue weighted by atomic mass is 9.84. The third kappa shape index (κ3) is 5.51. The van der Waals surface area contributed by atoms with Gasteiger partial charge in [0.1, 0.15) is 0 Å². The van der Waals surface area contributed by atoms with Gasteiger partial charge in [0.2, 0.25) is 15.9 Å². The molecular weight excluding hydrogens is 468 g/mol. The first kappa shape index (κ1) is 25.0. The molecular formula is C25H38N4O5S. The van der Waals surface area contributed by atoms with E-state index in [0.717, 1.165) is 17.5 Å². The third-order valence-electron chi connectivity index (χ3n) is 8.22. The minimum absolute atomic E-state index is 0.157. The van der Waals surface area contributed by atoms with Crippen LogP contribution in [0.15, 0.2) is 23.1 Å². The van der Waals surface area contributed by atoms with Gasteiger partial charge in [-0.25, -0.2) is 8.42 Å². The number of hydrogen-bond donors (Lipinski definition) is 2. The van der Waals surface area contributed by atoms with E-state index in [9.17, 15) is 13.2 Å². The number of benzene rings is 1. The molecule has 0 spiro atoms. The van der Waals surface area contributed by atoms with Gasteiger partial charge in [0, 0.05) is 32.2 Å². The number of hydrogen-bond acceptors (Lipinski definition) is 7. The van der Waals surface area contributed by atoms with Crippen molar-refractivity contribution in [3.63, 3.8) is 0 Å². The third-order valence-corrected chi connectivity index (χ3v) is 10.1. The highest BCUT2D eigenvalue weighted by molar-refractivity contribution is 7.89. The SMILES string of the molecule is C[C@@H](NCC(=O)Nc1cc(S(=O)(=O)N2CCOCC2)ccc1N1CCOCC1)[C@@H]1C[C@@H]2CC[C@@H]1C2. The van der Waals surface area contributed by atoms with Crippen LogP contribution in [-0.2, 0) is 24.3 Å². The maximum absolute atomic E-state index is 13.2. The Balaban J connectivity index is 1.30. The number of anilines is 2. The van der Waals surface area contributed by atoms with Gasteiger partial charge in [0.25, 0.3) is 0 Å². The predicted molar refractivity (Wildman–Crippen MR) is 134 cm³/mol. The Labute approximate surface area is 208 Å². The molecule has 2 bridgehead atoms. The van der Waals surface area contributed by atoms with E-state index in [1.165, 1.54) is 30.0 Å². The molecule has 2 heterocycles. The smallest absolute Gasteiger partial charge is 0.243 e. The van der Waals surface area contributed by atoms with Crippen LogP contribution in [0.5, 0.6) is 0 Å². The summed E-state index contributed by atoms with van der Waals surface area (Å²) in [7, 11) is -3.67. The van der Waals surface area contributed by atoms with E-state index >= 15 is 0 Å². The van der Waals surface area contributed by atoms with Crippen LogP contribution in [0.1, 0.15) is 32.6 Å². The van der Waals surface area contributed by atoms with E-state index < -0.39 is 10.0 Å². The Morgan fingerprint density at radius 3 is 2.43 bits per heavy atom. The fourth-order valence-corrected chi connectivity index (χ4v) is 7.73. The van der Waals surface area contributed by atoms with Crippen molar-refractivity contribution in [2.45, 2.75) is 43.5 Å². The molecule has 0 aromatic heterocycles. The van der Waals surface area contributed by atoms with Gasteiger partial charge >= 0.3 is 0 Å². The Morgan fingerprint density at radius 2 is 1.77 bits per heavy atom. The molecule has 0 radical (unpaired) electrons. The molecule has 4 atom stereocenters. The molecule has 0 unspecified atom stereocenters. The Bertz CT molecular complexity index is 1010. The van der Waals surface area contributed by atoms with Crippen molar-refractivity contribution in [1.29, 1.82) is 0 Å². The fraction of sp³-hybridized carbons (Fsp3) is 0.720. The Morgan fingerprint density at radius 1 is 1.06 bits per heavy atom. The van der Waals surface area contributed by atoms with Gasteiger partial charge in [-0.15, -0.1) is 0 Å². The first-order chi connectivity index (χ1) is 16.9. The second kappa shape index (κ2) is 10.7. The van der Waals surface area contributed by atoms with Crippen molar-refractivity contribution in [2.75, 3.05) is 69.4 Å². The van der Waals surface area contributed by atoms with Gasteiger partial charge in [-0.3, -0.25) is 4.79 Å². The van der Waals surface area contributed by atoms with E-state index in [-0.39, 0.29) is 17.3 Å². The summed E-state index contributed by atoms with van der Waals surface area (Å²) < 4.78 is 38.7. The average molecular weight is 507 g/mol. The highest BCUT2D eigenvalue weighted by Crippen LogP contribution is 2.49. The van der Waals surface area contributed by atoms with Crippen LogP contribution in [0.4, 0.5) is 11.4 Å². The van der Waals surface area contributed by atoms with Crippen LogP contribution < -0.4 is 15.5 Å². The minimum atomic E-state index is -3.67. The van der Waals surface area contributed by atoms with Crippen molar-refractivity contribution in [2.24, 2.45) is 17.8 Å². The largest absolute Gasteiger partial charge is 0.379 e. The van der Waals surface area contributed by atoms with Crippen LogP contribution in [0.2, 0.25) is 0 Å². The second-order valence-electron chi connectivity index (χ2n) is 10.4. The zero-order valence-corrected chi connectivity index (χ0v) is 21.4. The summed E-state index contributed by atoms with van der Waals surface area (Å²) in [5, 5.41) is 6.45. The molecule has 9 nitrogen and oxygen atoms in total. The Kier molecular flexibility index (Phi) is 7.64. The molecule has 1 amide bonds. The van der Waals surface area contributed by atoms with Crippen LogP contribution in [-0.4, -0.2) is 83.8 Å². The summed E-state index contributed by atoms with van der Waals surface area (Å²) in [5.41, 5.74) is 1.35. The number of sulfonamides is 1. The highest BCUT2D eigenvalue weighted by Gasteiger charge is 2.41. The van der Waals surface area contributed by atoms with Gasteiger partial charge in [0.15, 0.2) is 0 Å². The molecule has 1 aromatic carbocycles. The van der Waals surface area contributed by atoms with Crippen molar-refractivity contribution >= 4 is 27.3 Å². The summed E-state index contributed by atoms with van der Waals surface area (Å²) in [4.78, 5) is 15.3. The number of amides is 1. The van der Waals surface area contributed by atoms with E-state index in [0.29, 0.717) is 70.3 Å². The van der Waals surface area contributed by atoms with Crippen LogP contribution >= 0.6 is 0 Å². The predicted octanol–water partition coefficient (Wildman–Crippen LogP) is 1.90. The van der Waals surface area contributed by atoms with Crippen molar-refractivity contribution in [3.05, 3.63) is 18.2 Å². The zero-order chi connectivity index (χ0) is 24.4. The molecule has 2 N–H and O–H groups in total. The second-order valence-corrected chi connectivity index (χ2v) is 12.3. The lowest BCUT2D eigenvalue weighted by molar-refractivity contribution is -0.115. The standard InChI is InChI=1S/C25H38N4O5S/c1-18(22-15-19-2-3-20(22)14-19)26-17-25(30)27-23-16-21(35(31,32)29-8-12-34-13-9-29)4-5-24(23)28-6-10-33-11-7-28/h4-5,16,18-20,22,26H,2-3,6-15,17H2,1H3,(H,27,30)/t18-,19-,20-,22+/m1/s1. The monoisotopic (exact) mass is 506 g/mol. The van der Waals surface area contributed by atoms with Crippen LogP contribution in [0, 0.1) is 17.8 Å². The highest BCUT2D eigenvalue weighted by atomic mass is 32.2. The first-order valence-corrected chi connectivity index (χ1v) is 14.4. The van der Waals surface area contributed by atoms with Crippen molar-refractivity contribution < 1.29 is 22.7 Å². The summed E-state index contributed by atoms with van der Waals surface area (Å²) in [6.07, 6.45) is 5.29. The number of nitrogens with one attached hydrogen (secondary N) is 2. The number of carbonyl (C=O) groups is 1. The van der Waals surface area contributed by atoms with Gasteiger partial charge in [-0.05, 0) is 62.1 Å². The molecule has 1 aromatic rings. The normalized spacial score (nSPS) is 28.3. The summed E-state index contributed by atoms with van der Waals surface area (Å²) in [6.45, 7) is 6.43. The molecule has 2 saturated heterocycles. The lowest BCUT2D eigenvalue weighted by Crippen LogP contribution is -2.41. The minimum Gasteiger partial charge on any atom is -0.379 e. The molecule has 4 fully saturated rings. The molecule has 10 heteroatoms. The number of morpholine rings is 2. The zero-order valence-electron chi connectivity index (χ0n) is 20.6. The summed E-state index contributed by atoms with van der Waals surface area (Å²) in [6, 6.07) is 5.34. The number of carbonyl (C=O) groups excluding carboxylic acids is 1. The lowest BCUT2D eigenvalue weighted by Gasteiger charge is -2.31. The summed E-state index contributed by atoms with van der Waals surface area (Å²) >= 11 is 0. The molecule has 2 aliphatic carbocycles. The maximum atomic E-state index is 13.2. The number of ether oxygens (including phenoxy) is 2. The molecule has 4 aliphatic rings. The number of fused-ring (bicyclic) bond motifs is 2. The molecule has 5 rings (SSSR count). The number of rotatable bonds is 8. The van der Waals surface area contributed by atoms with Gasteiger partial charge in [-0.1, -0.05) is 6.42 Å². The molecule has 2 aliphatic heterocycles. The van der Waals surface area contributed by atoms with E-state index in [1.807, 2.05) is 0 Å². The molecule has 35 heavy (non-hydrogen) atoms. The molecule has 2 saturated carbocycles. The van der Waals surface area contributed by atoms with E-state index in [2.05, 4.69) is 22.5 Å². The van der Waals surface area contributed by atoms with Gasteiger partial charge < -0.3 is 25.0 Å². The fourth-order valence-electron chi connectivity index (χ4n) is 6.30. The van der Waals surface area contributed by atoms with Gasteiger partial charge in [0.05, 0.1) is 49.2 Å². The quantitative estimate of drug-likeness (QED) is 0.555. The van der Waals surface area contributed by atoms with Gasteiger partial charge in [-0.2, -0.15) is 4.31 Å². The first-order valence-electron chi connectivity index (χ1n) is 13.0. The Hall–Kier alpha value is -1.72. The van der Waals surface area contributed by atoms with Crippen molar-refractivity contribution in [1.82, 2.24) is 9.62 Å². The number of nitrogens with zero attached hydrogens (tertiary/aromatic N) is 2. The average Bonchev–Trinajstić information content (AvgIpc) is 3.52. The van der Waals surface area contributed by atoms with Crippen LogP contribution in [0.3, 0.4) is 0 Å². The van der Waals surface area contributed by atoms with E-state index in [4.69, 9.17) is 9.47 Å². The molecule has 194 valence electrons. The van der Waals surface area contributed by atoms with E-state index in [1.54, 1.807) is 18.2 Å². The van der Waals surface area contributed by atoms with Crippen LogP contribution in [0.25, 0.3) is 0 Å².